The van der Waals surface area contributed by atoms with E-state index in [2.05, 4.69) is 10.2 Å². The Labute approximate surface area is 248 Å². The Morgan fingerprint density at radius 2 is 1.71 bits per heavy atom. The van der Waals surface area contributed by atoms with Gasteiger partial charge in [0.1, 0.15) is 5.54 Å². The minimum Gasteiger partial charge on any atom is -0.478 e. The number of carbonyl (C=O) groups is 3. The molecule has 7 nitrogen and oxygen atoms in total. The zero-order valence-corrected chi connectivity index (χ0v) is 23.7. The number of carboxylic acid groups (broad SMARTS) is 1. The predicted octanol–water partition coefficient (Wildman–Crippen LogP) is 6.16. The lowest BCUT2D eigenvalue weighted by atomic mass is 9.71. The molecule has 0 aromatic heterocycles. The lowest BCUT2D eigenvalue weighted by molar-refractivity contribution is -0.128. The zero-order chi connectivity index (χ0) is 28.5. The fraction of sp³-hybridized carbons (Fsp3) is 0.344. The van der Waals surface area contributed by atoms with Crippen molar-refractivity contribution in [3.05, 3.63) is 93.5 Å². The van der Waals surface area contributed by atoms with Gasteiger partial charge in [-0.15, -0.1) is 0 Å². The molecule has 210 valence electrons. The van der Waals surface area contributed by atoms with Crippen LogP contribution in [0.4, 0.5) is 11.4 Å². The topological polar surface area (TPSA) is 90.0 Å². The van der Waals surface area contributed by atoms with Crippen molar-refractivity contribution in [2.75, 3.05) is 23.3 Å². The second-order valence-corrected chi connectivity index (χ2v) is 12.5. The van der Waals surface area contributed by atoms with Gasteiger partial charge >= 0.3 is 5.97 Å². The fourth-order valence-corrected chi connectivity index (χ4v) is 8.26. The van der Waals surface area contributed by atoms with Gasteiger partial charge < -0.3 is 15.3 Å². The van der Waals surface area contributed by atoms with Gasteiger partial charge in [-0.05, 0) is 72.9 Å². The van der Waals surface area contributed by atoms with Crippen molar-refractivity contribution in [2.24, 2.45) is 11.8 Å². The van der Waals surface area contributed by atoms with Crippen LogP contribution in [0.3, 0.4) is 0 Å². The molecule has 0 unspecified atom stereocenters. The van der Waals surface area contributed by atoms with Gasteiger partial charge in [-0.25, -0.2) is 4.79 Å². The quantitative estimate of drug-likeness (QED) is 0.372. The summed E-state index contributed by atoms with van der Waals surface area (Å²) in [5, 5.41) is 13.6. The summed E-state index contributed by atoms with van der Waals surface area (Å²) in [5.74, 6) is -1.82. The Kier molecular flexibility index (Phi) is 6.38. The lowest BCUT2D eigenvalue weighted by Crippen LogP contribution is -2.55. The molecule has 3 aliphatic heterocycles. The number of amides is 2. The molecule has 3 aromatic carbocycles. The predicted molar refractivity (Wildman–Crippen MR) is 158 cm³/mol. The summed E-state index contributed by atoms with van der Waals surface area (Å²) in [5.41, 5.74) is 2.08. The number of anilines is 2. The van der Waals surface area contributed by atoms with Crippen molar-refractivity contribution in [3.63, 3.8) is 0 Å². The van der Waals surface area contributed by atoms with Crippen molar-refractivity contribution in [1.29, 1.82) is 0 Å². The number of nitrogens with zero attached hydrogens (tertiary/aromatic N) is 2. The Bertz CT molecular complexity index is 1570. The largest absolute Gasteiger partial charge is 0.478 e. The molecule has 1 aliphatic carbocycles. The molecular weight excluding hydrogens is 561 g/mol. The van der Waals surface area contributed by atoms with Gasteiger partial charge in [0.25, 0.3) is 0 Å². The summed E-state index contributed by atoms with van der Waals surface area (Å²) >= 11 is 12.9. The molecule has 4 atom stereocenters. The number of hydrogen-bond donors (Lipinski definition) is 2. The SMILES string of the molecule is O=C(O)c1ccc(N2C[C@@H]3[C@H](C2=O)[C@@H](c2cccc(Cl)c2)[C@@]2(C(=O)Nc4cc(Cl)ccc42)N3CC2CCCC2)cc1. The molecule has 2 N–H and O–H groups in total. The normalized spacial score (nSPS) is 27.5. The first-order valence-electron chi connectivity index (χ1n) is 14.1. The van der Waals surface area contributed by atoms with Crippen molar-refractivity contribution in [2.45, 2.75) is 43.2 Å². The molecule has 2 saturated heterocycles. The molecule has 3 fully saturated rings. The number of benzene rings is 3. The highest BCUT2D eigenvalue weighted by Gasteiger charge is 2.70. The van der Waals surface area contributed by atoms with Gasteiger partial charge in [-0.3, -0.25) is 14.5 Å². The van der Waals surface area contributed by atoms with Crippen LogP contribution in [-0.4, -0.2) is 46.9 Å². The van der Waals surface area contributed by atoms with E-state index in [1.807, 2.05) is 30.3 Å². The molecular formula is C32H29Cl2N3O4. The number of rotatable bonds is 5. The van der Waals surface area contributed by atoms with Crippen molar-refractivity contribution in [1.82, 2.24) is 4.90 Å². The highest BCUT2D eigenvalue weighted by Crippen LogP contribution is 2.62. The van der Waals surface area contributed by atoms with Gasteiger partial charge in [0.2, 0.25) is 11.8 Å². The fourth-order valence-electron chi connectivity index (χ4n) is 7.89. The number of aromatic carboxylic acids is 1. The minimum atomic E-state index is -1.10. The van der Waals surface area contributed by atoms with E-state index >= 15 is 0 Å². The van der Waals surface area contributed by atoms with Gasteiger partial charge in [-0.1, -0.05) is 54.2 Å². The monoisotopic (exact) mass is 589 g/mol. The maximum atomic E-state index is 14.5. The van der Waals surface area contributed by atoms with E-state index in [1.165, 1.54) is 12.1 Å². The minimum absolute atomic E-state index is 0.0773. The smallest absolute Gasteiger partial charge is 0.335 e. The van der Waals surface area contributed by atoms with Gasteiger partial charge in [0.05, 0.1) is 11.5 Å². The van der Waals surface area contributed by atoms with Crippen LogP contribution in [-0.2, 0) is 15.1 Å². The van der Waals surface area contributed by atoms with E-state index in [9.17, 15) is 19.5 Å². The molecule has 1 saturated carbocycles. The molecule has 7 rings (SSSR count). The molecule has 1 spiro atoms. The molecule has 3 aromatic rings. The highest BCUT2D eigenvalue weighted by molar-refractivity contribution is 6.31. The van der Waals surface area contributed by atoms with Crippen LogP contribution < -0.4 is 10.2 Å². The molecule has 41 heavy (non-hydrogen) atoms. The van der Waals surface area contributed by atoms with E-state index in [4.69, 9.17) is 23.2 Å². The van der Waals surface area contributed by atoms with Crippen LogP contribution in [0.15, 0.2) is 66.7 Å². The first-order valence-corrected chi connectivity index (χ1v) is 14.8. The third kappa shape index (κ3) is 4.01. The molecule has 0 bridgehead atoms. The maximum absolute atomic E-state index is 14.5. The van der Waals surface area contributed by atoms with Crippen LogP contribution in [0.5, 0.6) is 0 Å². The van der Waals surface area contributed by atoms with Crippen molar-refractivity contribution in [3.8, 4) is 0 Å². The second-order valence-electron chi connectivity index (χ2n) is 11.6. The summed E-state index contributed by atoms with van der Waals surface area (Å²) in [6.45, 7) is 1.10. The Morgan fingerprint density at radius 1 is 0.976 bits per heavy atom. The first kappa shape index (κ1) is 26.5. The standard InChI is InChI=1S/C32H29Cl2N3O4/c33-21-7-3-6-20(14-21)28-27-26(17-36(29(27)38)23-11-8-19(9-12-23)30(39)40)37(16-18-4-1-2-5-18)32(28)24-13-10-22(34)15-25(24)35-31(32)41/h3,6-15,18,26-28H,1-2,4-5,16-17H2,(H,35,41)(H,39,40)/t26-,27+,28-,32+/m1/s1. The van der Waals surface area contributed by atoms with Crippen LogP contribution >= 0.6 is 23.2 Å². The van der Waals surface area contributed by atoms with Crippen LogP contribution in [0, 0.1) is 11.8 Å². The lowest BCUT2D eigenvalue weighted by Gasteiger charge is -2.42. The van der Waals surface area contributed by atoms with E-state index < -0.39 is 23.3 Å². The average Bonchev–Trinajstić information content (AvgIpc) is 3.70. The van der Waals surface area contributed by atoms with Gasteiger partial charge in [-0.2, -0.15) is 0 Å². The molecule has 2 amide bonds. The summed E-state index contributed by atoms with van der Waals surface area (Å²) in [6, 6.07) is 19.2. The van der Waals surface area contributed by atoms with Crippen molar-refractivity contribution < 1.29 is 19.5 Å². The number of carboxylic acids is 1. The highest BCUT2D eigenvalue weighted by atomic mass is 35.5. The number of nitrogens with one attached hydrogen (secondary N) is 1. The first-order chi connectivity index (χ1) is 19.8. The zero-order valence-electron chi connectivity index (χ0n) is 22.2. The molecule has 4 aliphatic rings. The summed E-state index contributed by atoms with van der Waals surface area (Å²) in [4.78, 5) is 44.4. The van der Waals surface area contributed by atoms with Gasteiger partial charge in [0.15, 0.2) is 0 Å². The Hall–Kier alpha value is -3.39. The summed E-state index contributed by atoms with van der Waals surface area (Å²) in [6.07, 6.45) is 4.51. The van der Waals surface area contributed by atoms with E-state index in [1.54, 1.807) is 29.2 Å². The number of halogens is 2. The third-order valence-corrected chi connectivity index (χ3v) is 10.0. The maximum Gasteiger partial charge on any atom is 0.335 e. The molecule has 0 radical (unpaired) electrons. The molecule has 9 heteroatoms. The van der Waals surface area contributed by atoms with E-state index in [0.717, 1.165) is 36.8 Å². The Morgan fingerprint density at radius 3 is 2.41 bits per heavy atom. The number of likely N-dealkylation sites (tertiary alicyclic amines) is 1. The van der Waals surface area contributed by atoms with E-state index in [0.29, 0.717) is 40.4 Å². The van der Waals surface area contributed by atoms with Crippen LogP contribution in [0.2, 0.25) is 10.0 Å². The Balaban J connectivity index is 1.41. The van der Waals surface area contributed by atoms with Gasteiger partial charge in [0, 0.05) is 52.0 Å². The van der Waals surface area contributed by atoms with Crippen LogP contribution in [0.1, 0.15) is 53.1 Å². The second kappa shape index (κ2) is 9.86. The average molecular weight is 591 g/mol. The van der Waals surface area contributed by atoms with Crippen LogP contribution in [0.25, 0.3) is 0 Å². The van der Waals surface area contributed by atoms with E-state index in [-0.39, 0.29) is 23.4 Å². The number of fused-ring (bicyclic) bond motifs is 3. The van der Waals surface area contributed by atoms with Crippen molar-refractivity contribution >= 4 is 52.4 Å². The summed E-state index contributed by atoms with van der Waals surface area (Å²) in [7, 11) is 0. The number of carbonyl (C=O) groups excluding carboxylic acids is 2. The number of hydrogen-bond acceptors (Lipinski definition) is 4. The summed E-state index contributed by atoms with van der Waals surface area (Å²) < 4.78 is 0. The third-order valence-electron chi connectivity index (χ3n) is 9.55. The molecule has 3 heterocycles.